The summed E-state index contributed by atoms with van der Waals surface area (Å²) in [5.74, 6) is -0.917. The molecular weight excluding hydrogens is 240 g/mol. The molecule has 0 aromatic heterocycles. The molecule has 2 rings (SSSR count). The minimum absolute atomic E-state index is 0.00272. The summed E-state index contributed by atoms with van der Waals surface area (Å²) in [7, 11) is 0. The standard InChI is InChI=1S/C15H18N2O2/c16-9-13(11-5-2-1-3-6-11)15(19)17-14-8-4-7-12(14)10-18/h1-3,5-6,12-14,18H,4,7-8,10H2,(H,17,19). The van der Waals surface area contributed by atoms with Gasteiger partial charge in [-0.25, -0.2) is 0 Å². The van der Waals surface area contributed by atoms with Gasteiger partial charge in [0.05, 0.1) is 6.07 Å². The van der Waals surface area contributed by atoms with Crippen molar-refractivity contribution in [3.05, 3.63) is 35.9 Å². The lowest BCUT2D eigenvalue weighted by molar-refractivity contribution is -0.122. The van der Waals surface area contributed by atoms with Gasteiger partial charge in [0, 0.05) is 18.6 Å². The molecule has 3 unspecified atom stereocenters. The molecule has 4 heteroatoms. The Morgan fingerprint density at radius 2 is 2.16 bits per heavy atom. The monoisotopic (exact) mass is 258 g/mol. The second-order valence-electron chi connectivity index (χ2n) is 4.96. The van der Waals surface area contributed by atoms with Crippen molar-refractivity contribution in [2.24, 2.45) is 5.92 Å². The zero-order chi connectivity index (χ0) is 13.7. The Balaban J connectivity index is 2.04. The fourth-order valence-corrected chi connectivity index (χ4v) is 2.64. The van der Waals surface area contributed by atoms with Crippen molar-refractivity contribution in [2.45, 2.75) is 31.2 Å². The van der Waals surface area contributed by atoms with Crippen molar-refractivity contribution in [1.82, 2.24) is 5.32 Å². The summed E-state index contributed by atoms with van der Waals surface area (Å²) in [6, 6.07) is 11.1. The van der Waals surface area contributed by atoms with Crippen LogP contribution in [0.4, 0.5) is 0 Å². The fraction of sp³-hybridized carbons (Fsp3) is 0.467. The van der Waals surface area contributed by atoms with E-state index in [0.717, 1.165) is 19.3 Å². The molecule has 4 nitrogen and oxygen atoms in total. The zero-order valence-electron chi connectivity index (χ0n) is 10.7. The van der Waals surface area contributed by atoms with E-state index in [1.54, 1.807) is 12.1 Å². The summed E-state index contributed by atoms with van der Waals surface area (Å²) in [5, 5.41) is 21.3. The molecule has 2 N–H and O–H groups in total. The Kier molecular flexibility index (Phi) is 4.53. The van der Waals surface area contributed by atoms with Crippen molar-refractivity contribution < 1.29 is 9.90 Å². The van der Waals surface area contributed by atoms with Crippen LogP contribution in [-0.4, -0.2) is 23.7 Å². The number of nitrogens with zero attached hydrogens (tertiary/aromatic N) is 1. The molecule has 0 heterocycles. The average molecular weight is 258 g/mol. The molecule has 19 heavy (non-hydrogen) atoms. The maximum Gasteiger partial charge on any atom is 0.242 e. The molecule has 1 fully saturated rings. The van der Waals surface area contributed by atoms with Gasteiger partial charge in [0.2, 0.25) is 5.91 Å². The van der Waals surface area contributed by atoms with Crippen LogP contribution in [0.25, 0.3) is 0 Å². The van der Waals surface area contributed by atoms with Crippen LogP contribution in [0, 0.1) is 17.2 Å². The van der Waals surface area contributed by atoms with E-state index in [-0.39, 0.29) is 24.5 Å². The van der Waals surface area contributed by atoms with E-state index >= 15 is 0 Å². The molecule has 100 valence electrons. The van der Waals surface area contributed by atoms with Gasteiger partial charge in [0.15, 0.2) is 0 Å². The van der Waals surface area contributed by atoms with Crippen molar-refractivity contribution in [2.75, 3.05) is 6.61 Å². The first-order chi connectivity index (χ1) is 9.26. The number of aliphatic hydroxyl groups is 1. The molecule has 1 aliphatic rings. The molecule has 1 amide bonds. The third kappa shape index (κ3) is 3.12. The highest BCUT2D eigenvalue weighted by atomic mass is 16.3. The quantitative estimate of drug-likeness (QED) is 0.861. The smallest absolute Gasteiger partial charge is 0.242 e. The van der Waals surface area contributed by atoms with Crippen LogP contribution >= 0.6 is 0 Å². The van der Waals surface area contributed by atoms with Gasteiger partial charge in [0.1, 0.15) is 5.92 Å². The highest BCUT2D eigenvalue weighted by molar-refractivity contribution is 5.86. The highest BCUT2D eigenvalue weighted by Crippen LogP contribution is 2.26. The molecule has 1 saturated carbocycles. The molecule has 0 spiro atoms. The zero-order valence-corrected chi connectivity index (χ0v) is 10.7. The van der Waals surface area contributed by atoms with Crippen LogP contribution in [0.5, 0.6) is 0 Å². The number of carbonyl (C=O) groups excluding carboxylic acids is 1. The molecule has 0 aliphatic heterocycles. The van der Waals surface area contributed by atoms with Crippen LogP contribution < -0.4 is 5.32 Å². The van der Waals surface area contributed by atoms with Gasteiger partial charge < -0.3 is 10.4 Å². The number of nitriles is 1. The lowest BCUT2D eigenvalue weighted by atomic mass is 9.98. The van der Waals surface area contributed by atoms with E-state index in [0.29, 0.717) is 5.56 Å². The summed E-state index contributed by atoms with van der Waals surface area (Å²) in [4.78, 5) is 12.2. The van der Waals surface area contributed by atoms with Crippen LogP contribution in [0.3, 0.4) is 0 Å². The average Bonchev–Trinajstić information content (AvgIpc) is 2.88. The normalized spacial score (nSPS) is 23.6. The number of amides is 1. The van der Waals surface area contributed by atoms with Crippen molar-refractivity contribution in [3.63, 3.8) is 0 Å². The molecule has 1 aliphatic carbocycles. The molecule has 0 bridgehead atoms. The Hall–Kier alpha value is -1.86. The van der Waals surface area contributed by atoms with E-state index in [9.17, 15) is 15.2 Å². The number of hydrogen-bond acceptors (Lipinski definition) is 3. The maximum atomic E-state index is 12.2. The topological polar surface area (TPSA) is 73.1 Å². The molecule has 1 aromatic carbocycles. The minimum Gasteiger partial charge on any atom is -0.396 e. The predicted octanol–water partition coefficient (Wildman–Crippen LogP) is 1.57. The molecular formula is C15H18N2O2. The number of benzene rings is 1. The Morgan fingerprint density at radius 1 is 1.42 bits per heavy atom. The minimum atomic E-state index is -0.777. The summed E-state index contributed by atoms with van der Waals surface area (Å²) in [5.41, 5.74) is 0.709. The van der Waals surface area contributed by atoms with E-state index in [1.807, 2.05) is 18.2 Å². The third-order valence-electron chi connectivity index (χ3n) is 3.75. The number of nitrogens with one attached hydrogen (secondary N) is 1. The van der Waals surface area contributed by atoms with E-state index < -0.39 is 5.92 Å². The van der Waals surface area contributed by atoms with Gasteiger partial charge in [-0.2, -0.15) is 5.26 Å². The molecule has 3 atom stereocenters. The number of hydrogen-bond donors (Lipinski definition) is 2. The van der Waals surface area contributed by atoms with Gasteiger partial charge in [-0.05, 0) is 18.4 Å². The number of aliphatic hydroxyl groups excluding tert-OH is 1. The summed E-state index contributed by atoms with van der Waals surface area (Å²) in [6.07, 6.45) is 2.83. The SMILES string of the molecule is N#CC(C(=O)NC1CCCC1CO)c1ccccc1. The van der Waals surface area contributed by atoms with Crippen molar-refractivity contribution >= 4 is 5.91 Å². The van der Waals surface area contributed by atoms with Crippen LogP contribution in [0.1, 0.15) is 30.7 Å². The van der Waals surface area contributed by atoms with Crippen LogP contribution in [0.15, 0.2) is 30.3 Å². The Bertz CT molecular complexity index is 467. The number of rotatable bonds is 4. The van der Waals surface area contributed by atoms with Gasteiger partial charge in [0.25, 0.3) is 0 Å². The van der Waals surface area contributed by atoms with Crippen LogP contribution in [-0.2, 0) is 4.79 Å². The second kappa shape index (κ2) is 6.35. The van der Waals surface area contributed by atoms with Crippen LogP contribution in [0.2, 0.25) is 0 Å². The second-order valence-corrected chi connectivity index (χ2v) is 4.96. The van der Waals surface area contributed by atoms with Crippen molar-refractivity contribution in [1.29, 1.82) is 5.26 Å². The van der Waals surface area contributed by atoms with Gasteiger partial charge >= 0.3 is 0 Å². The number of carbonyl (C=O) groups is 1. The Labute approximate surface area is 113 Å². The lowest BCUT2D eigenvalue weighted by Gasteiger charge is -2.20. The predicted molar refractivity (Wildman–Crippen MR) is 71.2 cm³/mol. The lowest BCUT2D eigenvalue weighted by Crippen LogP contribution is -2.40. The van der Waals surface area contributed by atoms with E-state index in [2.05, 4.69) is 11.4 Å². The largest absolute Gasteiger partial charge is 0.396 e. The van der Waals surface area contributed by atoms with Gasteiger partial charge in [-0.1, -0.05) is 36.8 Å². The molecule has 1 aromatic rings. The van der Waals surface area contributed by atoms with E-state index in [4.69, 9.17) is 0 Å². The molecule has 0 radical (unpaired) electrons. The first-order valence-corrected chi connectivity index (χ1v) is 6.62. The first-order valence-electron chi connectivity index (χ1n) is 6.62. The summed E-state index contributed by atoms with van der Waals surface area (Å²) >= 11 is 0. The van der Waals surface area contributed by atoms with Crippen molar-refractivity contribution in [3.8, 4) is 6.07 Å². The maximum absolute atomic E-state index is 12.2. The third-order valence-corrected chi connectivity index (χ3v) is 3.75. The fourth-order valence-electron chi connectivity index (χ4n) is 2.64. The van der Waals surface area contributed by atoms with E-state index in [1.165, 1.54) is 0 Å². The summed E-state index contributed by atoms with van der Waals surface area (Å²) in [6.45, 7) is 0.0908. The van der Waals surface area contributed by atoms with Gasteiger partial charge in [-0.3, -0.25) is 4.79 Å². The van der Waals surface area contributed by atoms with Gasteiger partial charge in [-0.15, -0.1) is 0 Å². The summed E-state index contributed by atoms with van der Waals surface area (Å²) < 4.78 is 0. The highest BCUT2D eigenvalue weighted by Gasteiger charge is 2.30. The first kappa shape index (κ1) is 13.6. The Morgan fingerprint density at radius 3 is 2.79 bits per heavy atom. The molecule has 0 saturated heterocycles.